The van der Waals surface area contributed by atoms with Gasteiger partial charge in [-0.15, -0.1) is 0 Å². The van der Waals surface area contributed by atoms with Gasteiger partial charge in [-0.25, -0.2) is 12.8 Å². The molecule has 0 aliphatic carbocycles. The molecule has 0 N–H and O–H groups in total. The maximum atomic E-state index is 13.1. The first-order valence-electron chi connectivity index (χ1n) is 9.36. The monoisotopic (exact) mass is 403 g/mol. The fourth-order valence-electron chi connectivity index (χ4n) is 4.29. The SMILES string of the molecule is CS(=O)(=O)C1CC2CCC(C1)N2C(=O)c1cccc(Oc2ccc(F)cc2)c1. The second kappa shape index (κ2) is 7.20. The van der Waals surface area contributed by atoms with Crippen LogP contribution in [0.2, 0.25) is 0 Å². The number of hydrogen-bond donors (Lipinski definition) is 0. The van der Waals surface area contributed by atoms with Crippen LogP contribution in [0.3, 0.4) is 0 Å². The molecular weight excluding hydrogens is 381 g/mol. The Kier molecular flexibility index (Phi) is 4.87. The van der Waals surface area contributed by atoms with Crippen LogP contribution in [0.1, 0.15) is 36.0 Å². The molecule has 2 aliphatic rings. The van der Waals surface area contributed by atoms with Gasteiger partial charge in [0.1, 0.15) is 27.2 Å². The second-order valence-corrected chi connectivity index (χ2v) is 9.93. The quantitative estimate of drug-likeness (QED) is 0.779. The number of nitrogens with zero attached hydrogens (tertiary/aromatic N) is 1. The molecule has 2 aromatic carbocycles. The van der Waals surface area contributed by atoms with Gasteiger partial charge in [0.2, 0.25) is 0 Å². The van der Waals surface area contributed by atoms with Gasteiger partial charge in [0.25, 0.3) is 5.91 Å². The van der Waals surface area contributed by atoms with E-state index in [1.807, 2.05) is 4.90 Å². The minimum atomic E-state index is -3.09. The number of benzene rings is 2. The van der Waals surface area contributed by atoms with Crippen LogP contribution in [0.15, 0.2) is 48.5 Å². The summed E-state index contributed by atoms with van der Waals surface area (Å²) in [7, 11) is -3.09. The summed E-state index contributed by atoms with van der Waals surface area (Å²) in [6, 6.07) is 12.5. The van der Waals surface area contributed by atoms with Crippen LogP contribution in [-0.2, 0) is 9.84 Å². The van der Waals surface area contributed by atoms with E-state index in [1.165, 1.54) is 30.5 Å². The van der Waals surface area contributed by atoms with Crippen molar-refractivity contribution in [1.29, 1.82) is 0 Å². The third kappa shape index (κ3) is 3.76. The first kappa shape index (κ1) is 18.9. The van der Waals surface area contributed by atoms with Crippen molar-refractivity contribution in [2.24, 2.45) is 0 Å². The third-order valence-electron chi connectivity index (χ3n) is 5.66. The molecule has 2 atom stereocenters. The lowest BCUT2D eigenvalue weighted by molar-refractivity contribution is 0.0598. The minimum absolute atomic E-state index is 0.0346. The van der Waals surface area contributed by atoms with Crippen LogP contribution in [0.4, 0.5) is 4.39 Å². The minimum Gasteiger partial charge on any atom is -0.457 e. The lowest BCUT2D eigenvalue weighted by Crippen LogP contribution is -2.49. The maximum absolute atomic E-state index is 13.1. The fraction of sp³-hybridized carbons (Fsp3) is 0.381. The molecular formula is C21H22FNO4S. The van der Waals surface area contributed by atoms with Gasteiger partial charge < -0.3 is 9.64 Å². The van der Waals surface area contributed by atoms with Crippen molar-refractivity contribution >= 4 is 15.7 Å². The summed E-state index contributed by atoms with van der Waals surface area (Å²) in [5.41, 5.74) is 0.509. The Morgan fingerprint density at radius 2 is 1.68 bits per heavy atom. The summed E-state index contributed by atoms with van der Waals surface area (Å²) in [6.45, 7) is 0. The highest BCUT2D eigenvalue weighted by atomic mass is 32.2. The van der Waals surface area contributed by atoms with Crippen LogP contribution in [-0.4, -0.2) is 42.8 Å². The van der Waals surface area contributed by atoms with Gasteiger partial charge in [0.05, 0.1) is 5.25 Å². The lowest BCUT2D eigenvalue weighted by atomic mass is 10.0. The molecule has 5 nitrogen and oxygen atoms in total. The highest BCUT2D eigenvalue weighted by Crippen LogP contribution is 2.39. The predicted octanol–water partition coefficient (Wildman–Crippen LogP) is 3.80. The highest BCUT2D eigenvalue weighted by molar-refractivity contribution is 7.91. The smallest absolute Gasteiger partial charge is 0.254 e. The Bertz CT molecular complexity index is 976. The van der Waals surface area contributed by atoms with E-state index in [2.05, 4.69) is 0 Å². The number of hydrogen-bond acceptors (Lipinski definition) is 4. The van der Waals surface area contributed by atoms with Gasteiger partial charge in [0.15, 0.2) is 0 Å². The van der Waals surface area contributed by atoms with Crippen LogP contribution in [0, 0.1) is 5.82 Å². The molecule has 2 bridgehead atoms. The molecule has 28 heavy (non-hydrogen) atoms. The molecule has 2 aliphatic heterocycles. The summed E-state index contributed by atoms with van der Waals surface area (Å²) >= 11 is 0. The molecule has 0 spiro atoms. The first-order chi connectivity index (χ1) is 13.3. The molecule has 2 fully saturated rings. The van der Waals surface area contributed by atoms with E-state index in [4.69, 9.17) is 4.74 Å². The molecule has 0 saturated carbocycles. The van der Waals surface area contributed by atoms with E-state index in [0.717, 1.165) is 12.8 Å². The van der Waals surface area contributed by atoms with Crippen LogP contribution >= 0.6 is 0 Å². The normalized spacial score (nSPS) is 24.2. The van der Waals surface area contributed by atoms with Crippen molar-refractivity contribution < 1.29 is 22.3 Å². The largest absolute Gasteiger partial charge is 0.457 e. The summed E-state index contributed by atoms with van der Waals surface area (Å²) in [6.07, 6.45) is 3.98. The van der Waals surface area contributed by atoms with Gasteiger partial charge in [-0.05, 0) is 68.1 Å². The third-order valence-corrected chi connectivity index (χ3v) is 7.26. The molecule has 7 heteroatoms. The number of rotatable bonds is 4. The number of ether oxygens (including phenoxy) is 1. The average Bonchev–Trinajstić information content (AvgIpc) is 2.91. The molecule has 4 rings (SSSR count). The van der Waals surface area contributed by atoms with Gasteiger partial charge in [-0.2, -0.15) is 0 Å². The number of carbonyl (C=O) groups excluding carboxylic acids is 1. The molecule has 2 saturated heterocycles. The zero-order valence-corrected chi connectivity index (χ0v) is 16.4. The molecule has 2 unspecified atom stereocenters. The van der Waals surface area contributed by atoms with Crippen molar-refractivity contribution in [3.05, 3.63) is 59.9 Å². The Balaban J connectivity index is 1.52. The summed E-state index contributed by atoms with van der Waals surface area (Å²) < 4.78 is 42.7. The zero-order valence-electron chi connectivity index (χ0n) is 15.5. The van der Waals surface area contributed by atoms with E-state index in [9.17, 15) is 17.6 Å². The molecule has 2 aromatic rings. The Hall–Kier alpha value is -2.41. The van der Waals surface area contributed by atoms with Gasteiger partial charge in [-0.1, -0.05) is 6.07 Å². The van der Waals surface area contributed by atoms with Crippen LogP contribution < -0.4 is 4.74 Å². The van der Waals surface area contributed by atoms with Gasteiger partial charge in [-0.3, -0.25) is 4.79 Å². The Labute approximate surface area is 164 Å². The number of amides is 1. The highest BCUT2D eigenvalue weighted by Gasteiger charge is 2.46. The van der Waals surface area contributed by atoms with Crippen LogP contribution in [0.5, 0.6) is 11.5 Å². The fourth-order valence-corrected chi connectivity index (χ4v) is 5.43. The van der Waals surface area contributed by atoms with Crippen molar-refractivity contribution in [3.63, 3.8) is 0 Å². The maximum Gasteiger partial charge on any atom is 0.254 e. The van der Waals surface area contributed by atoms with Crippen molar-refractivity contribution in [1.82, 2.24) is 4.90 Å². The Morgan fingerprint density at radius 3 is 2.29 bits per heavy atom. The number of halogens is 1. The second-order valence-electron chi connectivity index (χ2n) is 7.60. The molecule has 1 amide bonds. The zero-order chi connectivity index (χ0) is 19.9. The lowest BCUT2D eigenvalue weighted by Gasteiger charge is -2.38. The number of fused-ring (bicyclic) bond motifs is 2. The number of sulfone groups is 1. The van der Waals surface area contributed by atoms with Crippen molar-refractivity contribution in [3.8, 4) is 11.5 Å². The van der Waals surface area contributed by atoms with Crippen LogP contribution in [0.25, 0.3) is 0 Å². The van der Waals surface area contributed by atoms with Gasteiger partial charge in [0, 0.05) is 23.9 Å². The van der Waals surface area contributed by atoms with E-state index in [0.29, 0.717) is 29.9 Å². The standard InChI is InChI=1S/C21H22FNO4S/c1-28(25,26)20-12-16-7-8-17(13-20)23(16)21(24)14-3-2-4-19(11-14)27-18-9-5-15(22)6-10-18/h2-6,9-11,16-17,20H,7-8,12-13H2,1H3. The number of piperidine rings is 1. The first-order valence-corrected chi connectivity index (χ1v) is 11.3. The summed E-state index contributed by atoms with van der Waals surface area (Å²) in [5.74, 6) is 0.545. The number of carbonyl (C=O) groups is 1. The van der Waals surface area contributed by atoms with Crippen molar-refractivity contribution in [2.45, 2.75) is 43.0 Å². The topological polar surface area (TPSA) is 63.7 Å². The predicted molar refractivity (Wildman–Crippen MR) is 104 cm³/mol. The molecule has 0 aromatic heterocycles. The molecule has 2 heterocycles. The summed E-state index contributed by atoms with van der Waals surface area (Å²) in [4.78, 5) is 15.0. The average molecular weight is 403 g/mol. The Morgan fingerprint density at radius 1 is 1.04 bits per heavy atom. The summed E-state index contributed by atoms with van der Waals surface area (Å²) in [5, 5.41) is -0.359. The molecule has 0 radical (unpaired) electrons. The van der Waals surface area contributed by atoms with Crippen molar-refractivity contribution in [2.75, 3.05) is 6.26 Å². The van der Waals surface area contributed by atoms with E-state index in [1.54, 1.807) is 24.3 Å². The van der Waals surface area contributed by atoms with E-state index < -0.39 is 9.84 Å². The van der Waals surface area contributed by atoms with E-state index in [-0.39, 0.29) is 29.1 Å². The van der Waals surface area contributed by atoms with E-state index >= 15 is 0 Å². The van der Waals surface area contributed by atoms with Gasteiger partial charge >= 0.3 is 0 Å². The molecule has 148 valence electrons.